The van der Waals surface area contributed by atoms with Crippen LogP contribution in [0.5, 0.6) is 0 Å². The molecular weight excluding hydrogens is 489 g/mol. The van der Waals surface area contributed by atoms with Crippen LogP contribution in [0.25, 0.3) is 22.5 Å². The van der Waals surface area contributed by atoms with Gasteiger partial charge < -0.3 is 15.5 Å². The van der Waals surface area contributed by atoms with Gasteiger partial charge in [-0.3, -0.25) is 9.78 Å². The number of benzene rings is 3. The van der Waals surface area contributed by atoms with Gasteiger partial charge in [0.05, 0.1) is 5.56 Å². The van der Waals surface area contributed by atoms with Crippen LogP contribution in [0.4, 0.5) is 29.3 Å². The van der Waals surface area contributed by atoms with E-state index in [2.05, 4.69) is 25.8 Å². The van der Waals surface area contributed by atoms with E-state index < -0.39 is 23.5 Å². The van der Waals surface area contributed by atoms with Crippen molar-refractivity contribution >= 4 is 23.3 Å². The fourth-order valence-corrected chi connectivity index (χ4v) is 3.58. The topological polar surface area (TPSA) is 123 Å². The molecule has 0 aliphatic carbocycles. The molecule has 12 heteroatoms. The average Bonchev–Trinajstić information content (AvgIpc) is 3.29. The summed E-state index contributed by atoms with van der Waals surface area (Å²) < 4.78 is 38.7. The Balaban J connectivity index is 1.56. The van der Waals surface area contributed by atoms with E-state index >= 15 is 0 Å². The first-order valence-corrected chi connectivity index (χ1v) is 10.9. The minimum absolute atomic E-state index is 0.00561. The second kappa shape index (κ2) is 10.0. The van der Waals surface area contributed by atoms with E-state index in [1.54, 1.807) is 56.6 Å². The highest BCUT2D eigenvalue weighted by Gasteiger charge is 2.30. The smallest absolute Gasteiger partial charge is 0.345 e. The highest BCUT2D eigenvalue weighted by molar-refractivity contribution is 6.00. The molecule has 0 fully saturated rings. The zero-order valence-electron chi connectivity index (χ0n) is 19.6. The number of H-pyrrole nitrogens is 2. The van der Waals surface area contributed by atoms with Gasteiger partial charge in [0.2, 0.25) is 0 Å². The number of urea groups is 1. The molecule has 0 atom stereocenters. The molecule has 3 amide bonds. The molecule has 190 valence electrons. The minimum Gasteiger partial charge on any atom is -0.345 e. The third-order valence-electron chi connectivity index (χ3n) is 5.33. The Morgan fingerprint density at radius 2 is 1.59 bits per heavy atom. The van der Waals surface area contributed by atoms with Crippen LogP contribution < -0.4 is 16.3 Å². The van der Waals surface area contributed by atoms with Gasteiger partial charge in [0.25, 0.3) is 5.91 Å². The third kappa shape index (κ3) is 5.86. The van der Waals surface area contributed by atoms with Gasteiger partial charge in [-0.05, 0) is 53.6 Å². The molecule has 37 heavy (non-hydrogen) atoms. The van der Waals surface area contributed by atoms with E-state index in [9.17, 15) is 27.6 Å². The van der Waals surface area contributed by atoms with Crippen LogP contribution in [-0.4, -0.2) is 46.1 Å². The standard InChI is InChI=1S/C25H21F3N6O3/c1-34(2)22(35)15-8-11-19(20(12-15)21-31-24(37)33-32-21)14-6-9-17(10-7-14)29-23(36)30-18-5-3-4-16(13-18)25(26,27)28/h3-13H,1-2H3,(H2,29,30,36)(H2,31,32,33,37). The molecule has 0 radical (unpaired) electrons. The Kier molecular flexibility index (Phi) is 6.83. The quantitative estimate of drug-likeness (QED) is 0.308. The molecule has 0 bridgehead atoms. The lowest BCUT2D eigenvalue weighted by molar-refractivity contribution is -0.137. The molecule has 1 heterocycles. The van der Waals surface area contributed by atoms with Crippen molar-refractivity contribution in [1.82, 2.24) is 20.1 Å². The van der Waals surface area contributed by atoms with E-state index in [4.69, 9.17) is 0 Å². The van der Waals surface area contributed by atoms with Gasteiger partial charge in [0.1, 0.15) is 0 Å². The number of rotatable bonds is 5. The highest BCUT2D eigenvalue weighted by atomic mass is 19.4. The predicted molar refractivity (Wildman–Crippen MR) is 132 cm³/mol. The number of hydrogen-bond acceptors (Lipinski definition) is 4. The van der Waals surface area contributed by atoms with Gasteiger partial charge in [-0.1, -0.05) is 24.3 Å². The number of nitrogens with one attached hydrogen (secondary N) is 4. The first-order chi connectivity index (χ1) is 17.5. The van der Waals surface area contributed by atoms with Crippen molar-refractivity contribution in [2.75, 3.05) is 24.7 Å². The third-order valence-corrected chi connectivity index (χ3v) is 5.33. The monoisotopic (exact) mass is 510 g/mol. The number of halogens is 3. The number of alkyl halides is 3. The Morgan fingerprint density at radius 1 is 0.892 bits per heavy atom. The normalized spacial score (nSPS) is 11.2. The Labute approximate surface area is 208 Å². The zero-order chi connectivity index (χ0) is 26.7. The summed E-state index contributed by atoms with van der Waals surface area (Å²) in [6.07, 6.45) is -4.52. The number of nitrogens with zero attached hydrogens (tertiary/aromatic N) is 2. The molecule has 0 aliphatic heterocycles. The summed E-state index contributed by atoms with van der Waals surface area (Å²) in [6, 6.07) is 15.2. The van der Waals surface area contributed by atoms with Crippen LogP contribution in [0.15, 0.2) is 71.5 Å². The van der Waals surface area contributed by atoms with E-state index in [0.29, 0.717) is 27.9 Å². The maximum absolute atomic E-state index is 12.9. The zero-order valence-corrected chi connectivity index (χ0v) is 19.6. The van der Waals surface area contributed by atoms with Crippen molar-refractivity contribution < 1.29 is 22.8 Å². The lowest BCUT2D eigenvalue weighted by atomic mass is 9.96. The summed E-state index contributed by atoms with van der Waals surface area (Å²) in [6.45, 7) is 0. The molecule has 9 nitrogen and oxygen atoms in total. The first-order valence-electron chi connectivity index (χ1n) is 10.9. The summed E-state index contributed by atoms with van der Waals surface area (Å²) in [7, 11) is 3.25. The Bertz CT molecular complexity index is 1510. The van der Waals surface area contributed by atoms with Gasteiger partial charge in [-0.15, -0.1) is 0 Å². The summed E-state index contributed by atoms with van der Waals surface area (Å²) >= 11 is 0. The number of anilines is 2. The average molecular weight is 510 g/mol. The minimum atomic E-state index is -4.52. The van der Waals surface area contributed by atoms with Crippen molar-refractivity contribution in [2.24, 2.45) is 0 Å². The molecule has 3 aromatic carbocycles. The Hall–Kier alpha value is -4.87. The molecular formula is C25H21F3N6O3. The van der Waals surface area contributed by atoms with Crippen molar-refractivity contribution in [2.45, 2.75) is 6.18 Å². The number of carbonyl (C=O) groups is 2. The van der Waals surface area contributed by atoms with Gasteiger partial charge in [0, 0.05) is 36.6 Å². The summed E-state index contributed by atoms with van der Waals surface area (Å²) in [5, 5.41) is 11.2. The molecule has 0 unspecified atom stereocenters. The second-order valence-corrected chi connectivity index (χ2v) is 8.22. The van der Waals surface area contributed by atoms with Crippen molar-refractivity contribution in [3.8, 4) is 22.5 Å². The number of hydrogen-bond donors (Lipinski definition) is 4. The van der Waals surface area contributed by atoms with E-state index in [1.165, 1.54) is 17.0 Å². The number of aromatic nitrogens is 3. The number of aromatic amines is 2. The maximum atomic E-state index is 12.9. The van der Waals surface area contributed by atoms with E-state index in [0.717, 1.165) is 12.1 Å². The van der Waals surface area contributed by atoms with Crippen LogP contribution in [0.2, 0.25) is 0 Å². The SMILES string of the molecule is CN(C)C(=O)c1ccc(-c2ccc(NC(=O)Nc3cccc(C(F)(F)F)c3)cc2)c(-c2n[nH]c(=O)[nH]2)c1. The lowest BCUT2D eigenvalue weighted by Gasteiger charge is -2.14. The van der Waals surface area contributed by atoms with E-state index in [1.807, 2.05) is 0 Å². The molecule has 0 saturated carbocycles. The van der Waals surface area contributed by atoms with Crippen LogP contribution in [0.1, 0.15) is 15.9 Å². The van der Waals surface area contributed by atoms with Crippen LogP contribution in [-0.2, 0) is 6.18 Å². The van der Waals surface area contributed by atoms with Gasteiger partial charge in [0.15, 0.2) is 5.82 Å². The Morgan fingerprint density at radius 3 is 2.22 bits per heavy atom. The fraction of sp³-hybridized carbons (Fsp3) is 0.120. The number of amides is 3. The second-order valence-electron chi connectivity index (χ2n) is 8.22. The number of carbonyl (C=O) groups excluding carboxylic acids is 2. The molecule has 0 saturated heterocycles. The molecule has 0 aliphatic rings. The largest absolute Gasteiger partial charge is 0.416 e. The van der Waals surface area contributed by atoms with Crippen molar-refractivity contribution in [3.63, 3.8) is 0 Å². The maximum Gasteiger partial charge on any atom is 0.416 e. The summed E-state index contributed by atoms with van der Waals surface area (Å²) in [4.78, 5) is 40.4. The molecule has 4 aromatic rings. The van der Waals surface area contributed by atoms with Crippen molar-refractivity contribution in [3.05, 3.63) is 88.3 Å². The highest BCUT2D eigenvalue weighted by Crippen LogP contribution is 2.32. The van der Waals surface area contributed by atoms with E-state index in [-0.39, 0.29) is 17.4 Å². The summed E-state index contributed by atoms with van der Waals surface area (Å²) in [5.41, 5.74) is 1.28. The van der Waals surface area contributed by atoms with Gasteiger partial charge in [-0.2, -0.15) is 18.3 Å². The van der Waals surface area contributed by atoms with Crippen LogP contribution in [0, 0.1) is 0 Å². The molecule has 4 rings (SSSR count). The van der Waals surface area contributed by atoms with Crippen molar-refractivity contribution in [1.29, 1.82) is 0 Å². The van der Waals surface area contributed by atoms with Crippen LogP contribution in [0.3, 0.4) is 0 Å². The van der Waals surface area contributed by atoms with Gasteiger partial charge in [-0.25, -0.2) is 14.7 Å². The fourth-order valence-electron chi connectivity index (χ4n) is 3.58. The molecule has 0 spiro atoms. The predicted octanol–water partition coefficient (Wildman–Crippen LogP) is 4.80. The molecule has 1 aromatic heterocycles. The first kappa shape index (κ1) is 25.2. The van der Waals surface area contributed by atoms with Crippen LogP contribution >= 0.6 is 0 Å². The van der Waals surface area contributed by atoms with Gasteiger partial charge >= 0.3 is 17.9 Å². The lowest BCUT2D eigenvalue weighted by Crippen LogP contribution is -2.21. The summed E-state index contributed by atoms with van der Waals surface area (Å²) in [5.74, 6) is 0.0214. The molecule has 4 N–H and O–H groups in total.